The van der Waals surface area contributed by atoms with E-state index in [1.54, 1.807) is 38.4 Å². The van der Waals surface area contributed by atoms with Gasteiger partial charge in [-0.25, -0.2) is 4.98 Å². The van der Waals surface area contributed by atoms with Crippen molar-refractivity contribution in [2.24, 2.45) is 0 Å². The fraction of sp³-hybridized carbons (Fsp3) is 0.190. The SMILES string of the molecule is Cc1nc(N)nc(N)c1-c1ccc(OCc2cccc(C(=O)N(C)C)c2)c(Cl)c1. The van der Waals surface area contributed by atoms with Gasteiger partial charge in [0.15, 0.2) is 0 Å². The zero-order chi connectivity index (χ0) is 21.1. The summed E-state index contributed by atoms with van der Waals surface area (Å²) in [4.78, 5) is 21.8. The maximum absolute atomic E-state index is 12.1. The predicted molar refractivity (Wildman–Crippen MR) is 115 cm³/mol. The average Bonchev–Trinajstić information content (AvgIpc) is 2.66. The van der Waals surface area contributed by atoms with E-state index in [9.17, 15) is 4.79 Å². The summed E-state index contributed by atoms with van der Waals surface area (Å²) in [5.41, 5.74) is 15.2. The van der Waals surface area contributed by atoms with E-state index in [0.717, 1.165) is 11.1 Å². The van der Waals surface area contributed by atoms with Crippen LogP contribution in [-0.4, -0.2) is 34.9 Å². The highest BCUT2D eigenvalue weighted by molar-refractivity contribution is 6.32. The fourth-order valence-electron chi connectivity index (χ4n) is 2.96. The normalized spacial score (nSPS) is 10.6. The minimum Gasteiger partial charge on any atom is -0.487 e. The Labute approximate surface area is 174 Å². The third-order valence-corrected chi connectivity index (χ3v) is 4.63. The van der Waals surface area contributed by atoms with Gasteiger partial charge in [-0.1, -0.05) is 29.8 Å². The molecule has 0 saturated heterocycles. The first-order valence-electron chi connectivity index (χ1n) is 8.89. The molecule has 8 heteroatoms. The summed E-state index contributed by atoms with van der Waals surface area (Å²) < 4.78 is 5.85. The lowest BCUT2D eigenvalue weighted by Crippen LogP contribution is -2.21. The third kappa shape index (κ3) is 4.57. The molecular formula is C21H22ClN5O2. The van der Waals surface area contributed by atoms with Gasteiger partial charge in [-0.3, -0.25) is 4.79 Å². The molecule has 1 heterocycles. The summed E-state index contributed by atoms with van der Waals surface area (Å²) in [6, 6.07) is 12.7. The molecule has 1 amide bonds. The number of carbonyl (C=O) groups excluding carboxylic acids is 1. The molecule has 0 aliphatic carbocycles. The Kier molecular flexibility index (Phi) is 5.89. The smallest absolute Gasteiger partial charge is 0.253 e. The van der Waals surface area contributed by atoms with Crippen LogP contribution in [-0.2, 0) is 6.61 Å². The monoisotopic (exact) mass is 411 g/mol. The summed E-state index contributed by atoms with van der Waals surface area (Å²) in [6.07, 6.45) is 0. The number of hydrogen-bond acceptors (Lipinski definition) is 6. The number of carbonyl (C=O) groups is 1. The number of rotatable bonds is 5. The molecule has 0 saturated carbocycles. The first-order chi connectivity index (χ1) is 13.8. The van der Waals surface area contributed by atoms with Crippen LogP contribution in [0.25, 0.3) is 11.1 Å². The van der Waals surface area contributed by atoms with E-state index in [2.05, 4.69) is 9.97 Å². The number of ether oxygens (including phenoxy) is 1. The molecule has 7 nitrogen and oxygen atoms in total. The van der Waals surface area contributed by atoms with Crippen molar-refractivity contribution in [1.82, 2.24) is 14.9 Å². The number of nitrogens with zero attached hydrogens (tertiary/aromatic N) is 3. The van der Waals surface area contributed by atoms with Gasteiger partial charge in [0.05, 0.1) is 10.7 Å². The molecule has 4 N–H and O–H groups in total. The molecule has 150 valence electrons. The predicted octanol–water partition coefficient (Wildman–Crippen LogP) is 3.55. The fourth-order valence-corrected chi connectivity index (χ4v) is 3.20. The van der Waals surface area contributed by atoms with Gasteiger partial charge < -0.3 is 21.1 Å². The Morgan fingerprint density at radius 2 is 1.90 bits per heavy atom. The van der Waals surface area contributed by atoms with Crippen LogP contribution in [0, 0.1) is 6.92 Å². The van der Waals surface area contributed by atoms with Crippen molar-refractivity contribution in [2.45, 2.75) is 13.5 Å². The Morgan fingerprint density at radius 1 is 1.14 bits per heavy atom. The zero-order valence-electron chi connectivity index (χ0n) is 16.4. The molecule has 2 aromatic carbocycles. The van der Waals surface area contributed by atoms with E-state index in [-0.39, 0.29) is 18.5 Å². The van der Waals surface area contributed by atoms with E-state index in [0.29, 0.717) is 33.4 Å². The summed E-state index contributed by atoms with van der Waals surface area (Å²) in [7, 11) is 3.43. The van der Waals surface area contributed by atoms with Gasteiger partial charge >= 0.3 is 0 Å². The van der Waals surface area contributed by atoms with Crippen molar-refractivity contribution in [1.29, 1.82) is 0 Å². The van der Waals surface area contributed by atoms with Crippen molar-refractivity contribution in [2.75, 3.05) is 25.6 Å². The van der Waals surface area contributed by atoms with Gasteiger partial charge in [-0.15, -0.1) is 0 Å². The molecular weight excluding hydrogens is 390 g/mol. The molecule has 0 spiro atoms. The average molecular weight is 412 g/mol. The number of hydrogen-bond donors (Lipinski definition) is 2. The van der Waals surface area contributed by atoms with Crippen molar-refractivity contribution in [3.63, 3.8) is 0 Å². The van der Waals surface area contributed by atoms with E-state index in [1.165, 1.54) is 4.90 Å². The van der Waals surface area contributed by atoms with Gasteiger partial charge in [0, 0.05) is 25.2 Å². The van der Waals surface area contributed by atoms with E-state index in [1.807, 2.05) is 25.1 Å². The highest BCUT2D eigenvalue weighted by atomic mass is 35.5. The van der Waals surface area contributed by atoms with Gasteiger partial charge in [-0.2, -0.15) is 4.98 Å². The maximum Gasteiger partial charge on any atom is 0.253 e. The molecule has 3 rings (SSSR count). The summed E-state index contributed by atoms with van der Waals surface area (Å²) in [5, 5.41) is 0.429. The molecule has 0 unspecified atom stereocenters. The van der Waals surface area contributed by atoms with E-state index < -0.39 is 0 Å². The van der Waals surface area contributed by atoms with E-state index in [4.69, 9.17) is 27.8 Å². The minimum atomic E-state index is -0.0621. The largest absolute Gasteiger partial charge is 0.487 e. The molecule has 3 aromatic rings. The van der Waals surface area contributed by atoms with Crippen LogP contribution in [0.2, 0.25) is 5.02 Å². The molecule has 0 radical (unpaired) electrons. The lowest BCUT2D eigenvalue weighted by molar-refractivity contribution is 0.0827. The Morgan fingerprint density at radius 3 is 2.55 bits per heavy atom. The number of nitrogen functional groups attached to an aromatic ring is 2. The summed E-state index contributed by atoms with van der Waals surface area (Å²) in [5.74, 6) is 0.882. The van der Waals surface area contributed by atoms with Crippen LogP contribution < -0.4 is 16.2 Å². The van der Waals surface area contributed by atoms with Crippen LogP contribution in [0.3, 0.4) is 0 Å². The molecule has 0 fully saturated rings. The highest BCUT2D eigenvalue weighted by Crippen LogP contribution is 2.34. The number of aromatic nitrogens is 2. The molecule has 0 bridgehead atoms. The summed E-state index contributed by atoms with van der Waals surface area (Å²) in [6.45, 7) is 2.09. The first-order valence-corrected chi connectivity index (χ1v) is 9.27. The van der Waals surface area contributed by atoms with E-state index >= 15 is 0 Å². The zero-order valence-corrected chi connectivity index (χ0v) is 17.2. The van der Waals surface area contributed by atoms with Gasteiger partial charge in [-0.05, 0) is 42.3 Å². The van der Waals surface area contributed by atoms with Crippen LogP contribution in [0.4, 0.5) is 11.8 Å². The molecule has 0 aliphatic rings. The Bertz CT molecular complexity index is 1050. The van der Waals surface area contributed by atoms with Crippen LogP contribution in [0.15, 0.2) is 42.5 Å². The number of aryl methyl sites for hydroxylation is 1. The van der Waals surface area contributed by atoms with Crippen LogP contribution >= 0.6 is 11.6 Å². The second-order valence-corrected chi connectivity index (χ2v) is 7.17. The second-order valence-electron chi connectivity index (χ2n) is 6.76. The van der Waals surface area contributed by atoms with Crippen molar-refractivity contribution >= 4 is 29.3 Å². The number of halogens is 1. The highest BCUT2D eigenvalue weighted by Gasteiger charge is 2.13. The van der Waals surface area contributed by atoms with Crippen molar-refractivity contribution in [3.8, 4) is 16.9 Å². The molecule has 0 aliphatic heterocycles. The Balaban J connectivity index is 1.79. The number of anilines is 2. The summed E-state index contributed by atoms with van der Waals surface area (Å²) >= 11 is 6.41. The van der Waals surface area contributed by atoms with Crippen LogP contribution in [0.1, 0.15) is 21.6 Å². The Hall–Kier alpha value is -3.32. The molecule has 0 atom stereocenters. The lowest BCUT2D eigenvalue weighted by atomic mass is 10.0. The first kappa shape index (κ1) is 20.4. The number of nitrogens with two attached hydrogens (primary N) is 2. The minimum absolute atomic E-state index is 0.0621. The second kappa shape index (κ2) is 8.36. The number of benzene rings is 2. The third-order valence-electron chi connectivity index (χ3n) is 4.33. The van der Waals surface area contributed by atoms with Crippen LogP contribution in [0.5, 0.6) is 5.75 Å². The van der Waals surface area contributed by atoms with Gasteiger partial charge in [0.1, 0.15) is 18.2 Å². The quantitative estimate of drug-likeness (QED) is 0.664. The van der Waals surface area contributed by atoms with Gasteiger partial charge in [0.25, 0.3) is 5.91 Å². The standard InChI is InChI=1S/C21H22ClN5O2/c1-12-18(19(23)26-21(24)25-12)14-7-8-17(16(22)10-14)29-11-13-5-4-6-15(9-13)20(28)27(2)3/h4-10H,11H2,1-3H3,(H4,23,24,25,26). The van der Waals surface area contributed by atoms with Gasteiger partial charge in [0.2, 0.25) is 5.95 Å². The lowest BCUT2D eigenvalue weighted by Gasteiger charge is -2.13. The molecule has 1 aromatic heterocycles. The molecule has 29 heavy (non-hydrogen) atoms. The topological polar surface area (TPSA) is 107 Å². The number of amides is 1. The van der Waals surface area contributed by atoms with Crippen molar-refractivity contribution < 1.29 is 9.53 Å². The maximum atomic E-state index is 12.1. The van der Waals surface area contributed by atoms with Crippen molar-refractivity contribution in [3.05, 3.63) is 64.3 Å².